The Bertz CT molecular complexity index is 163. The number of rotatable bonds is 6. The monoisotopic (exact) mass is 196 g/mol. The lowest BCUT2D eigenvalue weighted by Crippen LogP contribution is -2.03. The number of hydrogen-bond acceptors (Lipinski definition) is 0. The molecule has 1 atom stereocenters. The Kier molecular flexibility index (Phi) is 6.96. The van der Waals surface area contributed by atoms with Crippen LogP contribution < -0.4 is 0 Å². The van der Waals surface area contributed by atoms with Gasteiger partial charge in [0.15, 0.2) is 0 Å². The summed E-state index contributed by atoms with van der Waals surface area (Å²) in [6, 6.07) is 0. The third-order valence-corrected chi connectivity index (χ3v) is 2.90. The van der Waals surface area contributed by atoms with E-state index in [0.29, 0.717) is 0 Å². The second-order valence-electron chi connectivity index (χ2n) is 5.05. The van der Waals surface area contributed by atoms with E-state index in [1.165, 1.54) is 19.3 Å². The molecule has 0 aliphatic rings. The quantitative estimate of drug-likeness (QED) is 0.521. The van der Waals surface area contributed by atoms with Gasteiger partial charge in [-0.15, -0.1) is 0 Å². The van der Waals surface area contributed by atoms with Gasteiger partial charge in [-0.2, -0.15) is 0 Å². The van der Waals surface area contributed by atoms with Gasteiger partial charge in [0.2, 0.25) is 0 Å². The van der Waals surface area contributed by atoms with Crippen LogP contribution in [0, 0.1) is 17.8 Å². The molecule has 0 spiro atoms. The molecule has 1 unspecified atom stereocenters. The predicted octanol–water partition coefficient (Wildman–Crippen LogP) is 5.05. The Labute approximate surface area is 90.8 Å². The Hall–Kier alpha value is -0.260. The molecule has 0 saturated carbocycles. The normalized spacial score (nSPS) is 15.3. The highest BCUT2D eigenvalue weighted by molar-refractivity contribution is 5.06. The summed E-state index contributed by atoms with van der Waals surface area (Å²) in [6.45, 7) is 13.8. The topological polar surface area (TPSA) is 0 Å². The van der Waals surface area contributed by atoms with Gasteiger partial charge in [-0.25, -0.2) is 0 Å². The van der Waals surface area contributed by atoms with Gasteiger partial charge in [-0.1, -0.05) is 53.2 Å². The zero-order chi connectivity index (χ0) is 11.1. The molecule has 0 radical (unpaired) electrons. The maximum absolute atomic E-state index is 2.53. The van der Waals surface area contributed by atoms with E-state index in [9.17, 15) is 0 Å². The van der Waals surface area contributed by atoms with E-state index >= 15 is 0 Å². The van der Waals surface area contributed by atoms with Gasteiger partial charge in [0.05, 0.1) is 0 Å². The fraction of sp³-hybridized carbons (Fsp3) is 0.857. The molecule has 84 valence electrons. The van der Waals surface area contributed by atoms with Crippen LogP contribution in [0.1, 0.15) is 60.8 Å². The van der Waals surface area contributed by atoms with E-state index in [0.717, 1.165) is 17.8 Å². The van der Waals surface area contributed by atoms with Crippen molar-refractivity contribution in [1.82, 2.24) is 0 Å². The molecule has 0 heterocycles. The van der Waals surface area contributed by atoms with Crippen LogP contribution in [0.4, 0.5) is 0 Å². The Morgan fingerprint density at radius 2 is 1.64 bits per heavy atom. The molecule has 0 N–H and O–H groups in total. The van der Waals surface area contributed by atoms with E-state index in [2.05, 4.69) is 47.6 Å². The lowest BCUT2D eigenvalue weighted by Gasteiger charge is -2.17. The van der Waals surface area contributed by atoms with Gasteiger partial charge < -0.3 is 0 Å². The van der Waals surface area contributed by atoms with Gasteiger partial charge in [-0.05, 0) is 37.0 Å². The summed E-state index contributed by atoms with van der Waals surface area (Å²) >= 11 is 0. The molecule has 0 amide bonds. The standard InChI is InChI=1S/C14H28/c1-7-13(9-11(3)4)10-14(8-2)12(5)6/h10-13H,7-9H2,1-6H3. The van der Waals surface area contributed by atoms with Crippen LogP contribution >= 0.6 is 0 Å². The summed E-state index contributed by atoms with van der Waals surface area (Å²) < 4.78 is 0. The molecule has 0 aliphatic heterocycles. The molecule has 0 aromatic rings. The molecule has 0 heteroatoms. The minimum Gasteiger partial charge on any atom is -0.0820 e. The summed E-state index contributed by atoms with van der Waals surface area (Å²) in [6.07, 6.45) is 6.37. The number of hydrogen-bond donors (Lipinski definition) is 0. The first-order valence-corrected chi connectivity index (χ1v) is 6.21. The summed E-state index contributed by atoms with van der Waals surface area (Å²) in [5.74, 6) is 2.34. The zero-order valence-electron chi connectivity index (χ0n) is 10.9. The SMILES string of the molecule is CCC(=CC(CC)CC(C)C)C(C)C. The van der Waals surface area contributed by atoms with E-state index < -0.39 is 0 Å². The van der Waals surface area contributed by atoms with Gasteiger partial charge in [0.25, 0.3) is 0 Å². The van der Waals surface area contributed by atoms with Crippen molar-refractivity contribution >= 4 is 0 Å². The van der Waals surface area contributed by atoms with E-state index in [-0.39, 0.29) is 0 Å². The average Bonchev–Trinajstić information content (AvgIpc) is 2.10. The van der Waals surface area contributed by atoms with E-state index in [1.807, 2.05) is 0 Å². The van der Waals surface area contributed by atoms with Crippen LogP contribution in [0.3, 0.4) is 0 Å². The summed E-state index contributed by atoms with van der Waals surface area (Å²) in [5.41, 5.74) is 1.64. The highest BCUT2D eigenvalue weighted by Gasteiger charge is 2.08. The molecular formula is C14H28. The molecule has 0 aromatic carbocycles. The van der Waals surface area contributed by atoms with Crippen molar-refractivity contribution in [2.24, 2.45) is 17.8 Å². The molecule has 0 nitrogen and oxygen atoms in total. The van der Waals surface area contributed by atoms with Crippen molar-refractivity contribution in [3.8, 4) is 0 Å². The molecular weight excluding hydrogens is 168 g/mol. The van der Waals surface area contributed by atoms with Crippen molar-refractivity contribution in [3.05, 3.63) is 11.6 Å². The highest BCUT2D eigenvalue weighted by atomic mass is 14.1. The molecule has 0 bridgehead atoms. The maximum atomic E-state index is 2.53. The fourth-order valence-electron chi connectivity index (χ4n) is 1.98. The molecule has 0 aromatic heterocycles. The predicted molar refractivity (Wildman–Crippen MR) is 66.4 cm³/mol. The minimum atomic E-state index is 0.723. The second-order valence-corrected chi connectivity index (χ2v) is 5.05. The lowest BCUT2D eigenvalue weighted by atomic mass is 9.89. The summed E-state index contributed by atoms with van der Waals surface area (Å²) in [5, 5.41) is 0. The third-order valence-electron chi connectivity index (χ3n) is 2.90. The van der Waals surface area contributed by atoms with E-state index in [4.69, 9.17) is 0 Å². The summed E-state index contributed by atoms with van der Waals surface area (Å²) in [7, 11) is 0. The van der Waals surface area contributed by atoms with Crippen LogP contribution in [0.25, 0.3) is 0 Å². The second kappa shape index (κ2) is 7.09. The Morgan fingerprint density at radius 1 is 1.07 bits per heavy atom. The van der Waals surface area contributed by atoms with Crippen LogP contribution in [0.5, 0.6) is 0 Å². The van der Waals surface area contributed by atoms with Crippen molar-refractivity contribution in [1.29, 1.82) is 0 Å². The van der Waals surface area contributed by atoms with Crippen molar-refractivity contribution in [3.63, 3.8) is 0 Å². The zero-order valence-corrected chi connectivity index (χ0v) is 10.9. The Balaban J connectivity index is 4.37. The smallest absolute Gasteiger partial charge is 0.0231 e. The molecule has 0 rings (SSSR count). The van der Waals surface area contributed by atoms with Crippen LogP contribution in [0.15, 0.2) is 11.6 Å². The van der Waals surface area contributed by atoms with Gasteiger partial charge in [-0.3, -0.25) is 0 Å². The molecule has 0 aliphatic carbocycles. The van der Waals surface area contributed by atoms with Crippen molar-refractivity contribution < 1.29 is 0 Å². The number of allylic oxidation sites excluding steroid dienone is 2. The van der Waals surface area contributed by atoms with Crippen molar-refractivity contribution in [2.45, 2.75) is 60.8 Å². The van der Waals surface area contributed by atoms with Crippen LogP contribution in [0.2, 0.25) is 0 Å². The van der Waals surface area contributed by atoms with Crippen LogP contribution in [-0.2, 0) is 0 Å². The summed E-state index contributed by atoms with van der Waals surface area (Å²) in [4.78, 5) is 0. The lowest BCUT2D eigenvalue weighted by molar-refractivity contribution is 0.460. The molecule has 14 heavy (non-hydrogen) atoms. The van der Waals surface area contributed by atoms with Crippen LogP contribution in [-0.4, -0.2) is 0 Å². The first kappa shape index (κ1) is 13.7. The molecule has 0 saturated heterocycles. The van der Waals surface area contributed by atoms with Gasteiger partial charge >= 0.3 is 0 Å². The maximum Gasteiger partial charge on any atom is -0.0231 e. The van der Waals surface area contributed by atoms with Gasteiger partial charge in [0, 0.05) is 0 Å². The van der Waals surface area contributed by atoms with E-state index in [1.54, 1.807) is 5.57 Å². The first-order chi connectivity index (χ1) is 6.51. The fourth-order valence-corrected chi connectivity index (χ4v) is 1.98. The minimum absolute atomic E-state index is 0.723. The first-order valence-electron chi connectivity index (χ1n) is 6.21. The highest BCUT2D eigenvalue weighted by Crippen LogP contribution is 2.22. The van der Waals surface area contributed by atoms with Crippen molar-refractivity contribution in [2.75, 3.05) is 0 Å². The largest absolute Gasteiger partial charge is 0.0820 e. The van der Waals surface area contributed by atoms with Gasteiger partial charge in [0.1, 0.15) is 0 Å². The molecule has 0 fully saturated rings. The third kappa shape index (κ3) is 5.47. The Morgan fingerprint density at radius 3 is 1.93 bits per heavy atom. The average molecular weight is 196 g/mol.